The number of hydrogen-bond acceptors (Lipinski definition) is 2. The third-order valence-electron chi connectivity index (χ3n) is 1.47. The average molecular weight is 296 g/mol. The molecule has 0 radical (unpaired) electrons. The summed E-state index contributed by atoms with van der Waals surface area (Å²) in [6.07, 6.45) is 0. The zero-order valence-corrected chi connectivity index (χ0v) is 9.31. The van der Waals surface area contributed by atoms with Gasteiger partial charge in [0.05, 0.1) is 10.7 Å². The molecule has 1 aromatic carbocycles. The van der Waals surface area contributed by atoms with Crippen LogP contribution in [-0.4, -0.2) is 5.78 Å². The number of carbonyl (C=O) groups is 1. The van der Waals surface area contributed by atoms with Gasteiger partial charge in [-0.2, -0.15) is 0 Å². The Balaban J connectivity index is 3.33. The molecule has 64 valence electrons. The molecule has 2 N–H and O–H groups in total. The van der Waals surface area contributed by atoms with E-state index in [2.05, 4.69) is 22.6 Å². The minimum absolute atomic E-state index is 0.00256. The number of ketones is 1. The number of Topliss-reactive ketones (excluding diaryl/α,β-unsaturated/α-hetero) is 1. The highest BCUT2D eigenvalue weighted by molar-refractivity contribution is 14.1. The molecular formula is C8H7ClINO. The quantitative estimate of drug-likeness (QED) is 0.492. The fraction of sp³-hybridized carbons (Fsp3) is 0.125. The van der Waals surface area contributed by atoms with Crippen LogP contribution in [0.2, 0.25) is 5.02 Å². The van der Waals surface area contributed by atoms with Crippen LogP contribution in [0, 0.1) is 3.57 Å². The van der Waals surface area contributed by atoms with Crippen LogP contribution in [0.15, 0.2) is 12.1 Å². The van der Waals surface area contributed by atoms with Crippen molar-refractivity contribution in [3.8, 4) is 0 Å². The Kier molecular flexibility index (Phi) is 2.95. The normalized spacial score (nSPS) is 9.92. The molecule has 0 aromatic heterocycles. The van der Waals surface area contributed by atoms with Gasteiger partial charge in [-0.3, -0.25) is 4.79 Å². The molecule has 0 heterocycles. The number of anilines is 1. The first-order valence-corrected chi connectivity index (χ1v) is 4.73. The Labute approximate surface area is 89.2 Å². The standard InChI is InChI=1S/C8H7ClINO/c1-4(12)5-2-8(11)6(9)3-7(5)10/h2-3H,11H2,1H3. The van der Waals surface area contributed by atoms with E-state index in [0.29, 0.717) is 16.3 Å². The highest BCUT2D eigenvalue weighted by atomic mass is 127. The highest BCUT2D eigenvalue weighted by Crippen LogP contribution is 2.24. The predicted octanol–water partition coefficient (Wildman–Crippen LogP) is 2.73. The van der Waals surface area contributed by atoms with E-state index in [9.17, 15) is 4.79 Å². The fourth-order valence-electron chi connectivity index (χ4n) is 0.836. The molecule has 1 aromatic rings. The summed E-state index contributed by atoms with van der Waals surface area (Å²) in [4.78, 5) is 11.0. The third-order valence-corrected chi connectivity index (χ3v) is 2.69. The second-order valence-corrected chi connectivity index (χ2v) is 3.98. The predicted molar refractivity (Wildman–Crippen MR) is 58.6 cm³/mol. The van der Waals surface area contributed by atoms with Crippen molar-refractivity contribution in [1.29, 1.82) is 0 Å². The summed E-state index contributed by atoms with van der Waals surface area (Å²) in [5.41, 5.74) is 6.61. The zero-order chi connectivity index (χ0) is 9.30. The van der Waals surface area contributed by atoms with Crippen molar-refractivity contribution in [2.75, 3.05) is 5.73 Å². The molecule has 0 fully saturated rings. The van der Waals surface area contributed by atoms with E-state index >= 15 is 0 Å². The molecule has 0 saturated heterocycles. The molecule has 0 aliphatic rings. The van der Waals surface area contributed by atoms with Gasteiger partial charge in [-0.1, -0.05) is 11.6 Å². The average Bonchev–Trinajstić information content (AvgIpc) is 1.96. The van der Waals surface area contributed by atoms with Crippen molar-refractivity contribution in [1.82, 2.24) is 0 Å². The summed E-state index contributed by atoms with van der Waals surface area (Å²) in [6.45, 7) is 1.50. The fourth-order valence-corrected chi connectivity index (χ4v) is 2.03. The SMILES string of the molecule is CC(=O)c1cc(N)c(Cl)cc1I. The first-order valence-electron chi connectivity index (χ1n) is 3.28. The van der Waals surface area contributed by atoms with Gasteiger partial charge in [0.25, 0.3) is 0 Å². The number of benzene rings is 1. The van der Waals surface area contributed by atoms with Crippen molar-refractivity contribution < 1.29 is 4.79 Å². The second kappa shape index (κ2) is 3.62. The van der Waals surface area contributed by atoms with E-state index in [-0.39, 0.29) is 5.78 Å². The summed E-state index contributed by atoms with van der Waals surface area (Å²) in [6, 6.07) is 3.29. The molecule has 1 rings (SSSR count). The number of carbonyl (C=O) groups excluding carboxylic acids is 1. The largest absolute Gasteiger partial charge is 0.398 e. The molecule has 0 unspecified atom stereocenters. The first kappa shape index (κ1) is 9.80. The topological polar surface area (TPSA) is 43.1 Å². The van der Waals surface area contributed by atoms with Crippen molar-refractivity contribution >= 4 is 45.7 Å². The summed E-state index contributed by atoms with van der Waals surface area (Å²) in [5.74, 6) is 0.00256. The number of nitrogens with two attached hydrogens (primary N) is 1. The maximum Gasteiger partial charge on any atom is 0.160 e. The summed E-state index contributed by atoms with van der Waals surface area (Å²) in [5, 5.41) is 0.490. The highest BCUT2D eigenvalue weighted by Gasteiger charge is 2.07. The molecule has 0 aliphatic heterocycles. The minimum atomic E-state index is 0.00256. The van der Waals surface area contributed by atoms with Gasteiger partial charge in [-0.25, -0.2) is 0 Å². The lowest BCUT2D eigenvalue weighted by Gasteiger charge is -2.03. The lowest BCUT2D eigenvalue weighted by atomic mass is 10.1. The molecule has 2 nitrogen and oxygen atoms in total. The first-order chi connectivity index (χ1) is 5.52. The van der Waals surface area contributed by atoms with Crippen LogP contribution in [0.5, 0.6) is 0 Å². The molecule has 0 amide bonds. The summed E-state index contributed by atoms with van der Waals surface area (Å²) < 4.78 is 0.833. The van der Waals surface area contributed by atoms with E-state index in [1.54, 1.807) is 12.1 Å². The van der Waals surface area contributed by atoms with Crippen molar-refractivity contribution in [3.63, 3.8) is 0 Å². The van der Waals surface area contributed by atoms with E-state index in [0.717, 1.165) is 3.57 Å². The van der Waals surface area contributed by atoms with Gasteiger partial charge in [0, 0.05) is 9.13 Å². The number of nitrogen functional groups attached to an aromatic ring is 1. The Morgan fingerprint density at radius 2 is 2.17 bits per heavy atom. The van der Waals surface area contributed by atoms with E-state index in [1.165, 1.54) is 6.92 Å². The van der Waals surface area contributed by atoms with E-state index < -0.39 is 0 Å². The Hall–Kier alpha value is -0.290. The molecule has 0 atom stereocenters. The van der Waals surface area contributed by atoms with E-state index in [4.69, 9.17) is 17.3 Å². The van der Waals surface area contributed by atoms with Crippen LogP contribution in [-0.2, 0) is 0 Å². The van der Waals surface area contributed by atoms with Crippen LogP contribution in [0.4, 0.5) is 5.69 Å². The van der Waals surface area contributed by atoms with Gasteiger partial charge in [0.1, 0.15) is 0 Å². The van der Waals surface area contributed by atoms with Crippen LogP contribution < -0.4 is 5.73 Å². The van der Waals surface area contributed by atoms with Gasteiger partial charge >= 0.3 is 0 Å². The smallest absolute Gasteiger partial charge is 0.160 e. The molecule has 0 spiro atoms. The van der Waals surface area contributed by atoms with Crippen molar-refractivity contribution in [3.05, 3.63) is 26.3 Å². The van der Waals surface area contributed by atoms with Crippen LogP contribution >= 0.6 is 34.2 Å². The van der Waals surface area contributed by atoms with Gasteiger partial charge in [0.2, 0.25) is 0 Å². The Morgan fingerprint density at radius 3 is 2.67 bits per heavy atom. The van der Waals surface area contributed by atoms with Gasteiger partial charge < -0.3 is 5.73 Å². The van der Waals surface area contributed by atoms with Gasteiger partial charge in [0.15, 0.2) is 5.78 Å². The van der Waals surface area contributed by atoms with Gasteiger partial charge in [-0.15, -0.1) is 0 Å². The minimum Gasteiger partial charge on any atom is -0.398 e. The monoisotopic (exact) mass is 295 g/mol. The summed E-state index contributed by atoms with van der Waals surface area (Å²) in [7, 11) is 0. The Bertz CT molecular complexity index is 338. The van der Waals surface area contributed by atoms with Crippen LogP contribution in [0.3, 0.4) is 0 Å². The van der Waals surface area contributed by atoms with Crippen molar-refractivity contribution in [2.45, 2.75) is 6.92 Å². The molecule has 0 aliphatic carbocycles. The zero-order valence-electron chi connectivity index (χ0n) is 6.40. The number of halogens is 2. The molecule has 12 heavy (non-hydrogen) atoms. The van der Waals surface area contributed by atoms with Crippen LogP contribution in [0.1, 0.15) is 17.3 Å². The molecule has 0 bridgehead atoms. The lowest BCUT2D eigenvalue weighted by Crippen LogP contribution is -1.98. The summed E-state index contributed by atoms with van der Waals surface area (Å²) >= 11 is 7.81. The number of hydrogen-bond donors (Lipinski definition) is 1. The Morgan fingerprint density at radius 1 is 1.58 bits per heavy atom. The third kappa shape index (κ3) is 1.90. The molecule has 0 saturated carbocycles. The molecular weight excluding hydrogens is 288 g/mol. The number of rotatable bonds is 1. The van der Waals surface area contributed by atoms with Crippen LogP contribution in [0.25, 0.3) is 0 Å². The van der Waals surface area contributed by atoms with Gasteiger partial charge in [-0.05, 0) is 41.6 Å². The maximum atomic E-state index is 11.0. The second-order valence-electron chi connectivity index (χ2n) is 2.41. The lowest BCUT2D eigenvalue weighted by molar-refractivity contribution is 0.101. The van der Waals surface area contributed by atoms with Crippen molar-refractivity contribution in [2.24, 2.45) is 0 Å². The molecule has 4 heteroatoms. The van der Waals surface area contributed by atoms with E-state index in [1.807, 2.05) is 0 Å². The maximum absolute atomic E-state index is 11.0.